The van der Waals surface area contributed by atoms with E-state index in [0.717, 1.165) is 12.8 Å². The fraction of sp³-hybridized carbons (Fsp3) is 0.529. The van der Waals surface area contributed by atoms with Gasteiger partial charge in [-0.15, -0.1) is 0 Å². The summed E-state index contributed by atoms with van der Waals surface area (Å²) in [6.07, 6.45) is 2.31. The smallest absolute Gasteiger partial charge is 0.303 e. The Morgan fingerprint density at radius 1 is 1.09 bits per heavy atom. The Labute approximate surface area is 138 Å². The van der Waals surface area contributed by atoms with Gasteiger partial charge in [0.1, 0.15) is 0 Å². The molecule has 0 fully saturated rings. The summed E-state index contributed by atoms with van der Waals surface area (Å²) in [5.74, 6) is -2.12. The van der Waals surface area contributed by atoms with Crippen molar-refractivity contribution in [3.63, 3.8) is 0 Å². The SMILES string of the molecule is CC(CCCP(O)CC(CC(=O)O)CC(=O)O)c1ccccc1. The molecule has 1 aromatic rings. The van der Waals surface area contributed by atoms with E-state index in [-0.39, 0.29) is 19.0 Å². The van der Waals surface area contributed by atoms with E-state index in [1.54, 1.807) is 0 Å². The molecule has 0 heterocycles. The highest BCUT2D eigenvalue weighted by molar-refractivity contribution is 7.51. The molecule has 0 saturated heterocycles. The number of aliphatic carboxylic acids is 2. The van der Waals surface area contributed by atoms with Crippen molar-refractivity contribution in [1.29, 1.82) is 0 Å². The van der Waals surface area contributed by atoms with Crippen LogP contribution in [0.15, 0.2) is 30.3 Å². The van der Waals surface area contributed by atoms with Gasteiger partial charge in [-0.2, -0.15) is 0 Å². The lowest BCUT2D eigenvalue weighted by atomic mass is 9.97. The van der Waals surface area contributed by atoms with E-state index in [9.17, 15) is 14.5 Å². The molecule has 2 unspecified atom stereocenters. The number of benzene rings is 1. The van der Waals surface area contributed by atoms with E-state index >= 15 is 0 Å². The van der Waals surface area contributed by atoms with Crippen LogP contribution in [0.4, 0.5) is 0 Å². The summed E-state index contributed by atoms with van der Waals surface area (Å²) in [7, 11) is -1.31. The van der Waals surface area contributed by atoms with Crippen LogP contribution < -0.4 is 0 Å². The molecule has 0 spiro atoms. The van der Waals surface area contributed by atoms with Crippen molar-refractivity contribution in [3.05, 3.63) is 35.9 Å². The molecule has 1 aromatic carbocycles. The van der Waals surface area contributed by atoms with Gasteiger partial charge < -0.3 is 15.1 Å². The van der Waals surface area contributed by atoms with Gasteiger partial charge in [0.25, 0.3) is 0 Å². The lowest BCUT2D eigenvalue weighted by Crippen LogP contribution is -2.16. The molecule has 23 heavy (non-hydrogen) atoms. The molecule has 0 aliphatic rings. The summed E-state index contributed by atoms with van der Waals surface area (Å²) in [6, 6.07) is 10.2. The number of carboxylic acid groups (broad SMARTS) is 2. The average Bonchev–Trinajstić information content (AvgIpc) is 2.46. The van der Waals surface area contributed by atoms with Crippen LogP contribution in [0.1, 0.15) is 44.1 Å². The molecule has 6 heteroatoms. The van der Waals surface area contributed by atoms with Gasteiger partial charge in [0.05, 0.1) is 0 Å². The molecule has 5 nitrogen and oxygen atoms in total. The minimum Gasteiger partial charge on any atom is -0.481 e. The Balaban J connectivity index is 2.35. The predicted octanol–water partition coefficient (Wildman–Crippen LogP) is 3.53. The first-order chi connectivity index (χ1) is 10.9. The lowest BCUT2D eigenvalue weighted by Gasteiger charge is -2.18. The van der Waals surface area contributed by atoms with E-state index in [1.807, 2.05) is 18.2 Å². The molecule has 0 aromatic heterocycles. The first-order valence-electron chi connectivity index (χ1n) is 7.80. The molecule has 0 aliphatic carbocycles. The average molecular weight is 340 g/mol. The molecule has 0 amide bonds. The topological polar surface area (TPSA) is 94.8 Å². The second kappa shape index (κ2) is 10.3. The number of rotatable bonds is 11. The first kappa shape index (κ1) is 19.6. The van der Waals surface area contributed by atoms with E-state index in [4.69, 9.17) is 10.2 Å². The highest BCUT2D eigenvalue weighted by atomic mass is 31.1. The molecule has 0 radical (unpaired) electrons. The zero-order valence-corrected chi connectivity index (χ0v) is 14.3. The fourth-order valence-corrected chi connectivity index (χ4v) is 4.20. The number of carbonyl (C=O) groups is 2. The molecule has 2 atom stereocenters. The van der Waals surface area contributed by atoms with Gasteiger partial charge in [0.15, 0.2) is 0 Å². The number of hydrogen-bond acceptors (Lipinski definition) is 3. The van der Waals surface area contributed by atoms with E-state index < -0.39 is 26.0 Å². The van der Waals surface area contributed by atoms with Gasteiger partial charge in [-0.25, -0.2) is 0 Å². The molecule has 1 rings (SSSR count). The van der Waals surface area contributed by atoms with Crippen molar-refractivity contribution in [2.75, 3.05) is 12.3 Å². The number of carboxylic acids is 2. The Morgan fingerprint density at radius 2 is 1.65 bits per heavy atom. The largest absolute Gasteiger partial charge is 0.481 e. The molecule has 0 saturated carbocycles. The van der Waals surface area contributed by atoms with Gasteiger partial charge in [0, 0.05) is 21.0 Å². The number of hydrogen-bond donors (Lipinski definition) is 3. The fourth-order valence-electron chi connectivity index (χ4n) is 2.61. The van der Waals surface area contributed by atoms with Crippen LogP contribution in [0.3, 0.4) is 0 Å². The summed E-state index contributed by atoms with van der Waals surface area (Å²) in [5.41, 5.74) is 1.27. The zero-order valence-electron chi connectivity index (χ0n) is 13.4. The van der Waals surface area contributed by atoms with E-state index in [1.165, 1.54) is 5.56 Å². The Kier molecular flexibility index (Phi) is 8.82. The van der Waals surface area contributed by atoms with Crippen molar-refractivity contribution in [1.82, 2.24) is 0 Å². The third kappa shape index (κ3) is 8.68. The molecule has 3 N–H and O–H groups in total. The third-order valence-electron chi connectivity index (χ3n) is 3.82. The predicted molar refractivity (Wildman–Crippen MR) is 91.0 cm³/mol. The van der Waals surface area contributed by atoms with Crippen LogP contribution in [0.2, 0.25) is 0 Å². The summed E-state index contributed by atoms with van der Waals surface area (Å²) in [5, 5.41) is 17.6. The van der Waals surface area contributed by atoms with Crippen LogP contribution in [-0.4, -0.2) is 39.4 Å². The highest BCUT2D eigenvalue weighted by Crippen LogP contribution is 2.36. The minimum absolute atomic E-state index is 0.202. The summed E-state index contributed by atoms with van der Waals surface area (Å²) in [6.45, 7) is 2.15. The zero-order chi connectivity index (χ0) is 17.2. The van der Waals surface area contributed by atoms with Crippen LogP contribution in [-0.2, 0) is 9.59 Å². The first-order valence-corrected chi connectivity index (χ1v) is 9.47. The third-order valence-corrected chi connectivity index (χ3v) is 5.59. The summed E-state index contributed by atoms with van der Waals surface area (Å²) in [4.78, 5) is 31.6. The Hall–Kier alpha value is -1.45. The second-order valence-electron chi connectivity index (χ2n) is 5.93. The van der Waals surface area contributed by atoms with Crippen molar-refractivity contribution >= 4 is 20.1 Å². The van der Waals surface area contributed by atoms with E-state index in [0.29, 0.717) is 12.1 Å². The summed E-state index contributed by atoms with van der Waals surface area (Å²) >= 11 is 0. The summed E-state index contributed by atoms with van der Waals surface area (Å²) < 4.78 is 0. The lowest BCUT2D eigenvalue weighted by molar-refractivity contribution is -0.140. The van der Waals surface area contributed by atoms with Crippen molar-refractivity contribution in [2.45, 2.75) is 38.5 Å². The maximum absolute atomic E-state index is 10.8. The molecule has 0 bridgehead atoms. The second-order valence-corrected chi connectivity index (χ2v) is 7.75. The van der Waals surface area contributed by atoms with Crippen LogP contribution in [0.5, 0.6) is 0 Å². The molecule has 128 valence electrons. The van der Waals surface area contributed by atoms with Gasteiger partial charge >= 0.3 is 11.9 Å². The van der Waals surface area contributed by atoms with Gasteiger partial charge in [-0.05, 0) is 42.6 Å². The van der Waals surface area contributed by atoms with Gasteiger partial charge in [0.2, 0.25) is 0 Å². The van der Waals surface area contributed by atoms with Crippen LogP contribution >= 0.6 is 8.15 Å². The minimum atomic E-state index is -1.31. The monoisotopic (exact) mass is 340 g/mol. The van der Waals surface area contributed by atoms with Gasteiger partial charge in [-0.3, -0.25) is 9.59 Å². The molecule has 0 aliphatic heterocycles. The standard InChI is InChI=1S/C17H25O5P/c1-13(15-7-3-2-4-8-15)6-5-9-23(22)12-14(10-16(18)19)11-17(20)21/h2-4,7-8,13-14,22H,5-6,9-12H2,1H3,(H,18,19)(H,20,21). The highest BCUT2D eigenvalue weighted by Gasteiger charge is 2.20. The van der Waals surface area contributed by atoms with Crippen molar-refractivity contribution in [2.24, 2.45) is 5.92 Å². The quantitative estimate of drug-likeness (QED) is 0.536. The van der Waals surface area contributed by atoms with Crippen molar-refractivity contribution in [3.8, 4) is 0 Å². The van der Waals surface area contributed by atoms with Crippen molar-refractivity contribution < 1.29 is 24.7 Å². The van der Waals surface area contributed by atoms with E-state index in [2.05, 4.69) is 19.1 Å². The Morgan fingerprint density at radius 3 is 2.17 bits per heavy atom. The van der Waals surface area contributed by atoms with Gasteiger partial charge in [-0.1, -0.05) is 37.3 Å². The Bertz CT molecular complexity index is 475. The van der Waals surface area contributed by atoms with Crippen LogP contribution in [0.25, 0.3) is 0 Å². The maximum Gasteiger partial charge on any atom is 0.303 e. The van der Waals surface area contributed by atoms with Crippen LogP contribution in [0, 0.1) is 5.92 Å². The molecular formula is C17H25O5P. The maximum atomic E-state index is 10.8. The normalized spacial score (nSPS) is 13.7. The molecular weight excluding hydrogens is 315 g/mol.